The lowest BCUT2D eigenvalue weighted by Gasteiger charge is -2.08. The number of nitrogens with zero attached hydrogens (tertiary/aromatic N) is 2. The van der Waals surface area contributed by atoms with Crippen LogP contribution in [0.4, 0.5) is 4.39 Å². The molecule has 0 spiro atoms. The third kappa shape index (κ3) is 4.51. The van der Waals surface area contributed by atoms with Gasteiger partial charge in [0, 0.05) is 43.2 Å². The van der Waals surface area contributed by atoms with Gasteiger partial charge < -0.3 is 4.74 Å². The van der Waals surface area contributed by atoms with Crippen LogP contribution in [0.3, 0.4) is 0 Å². The van der Waals surface area contributed by atoms with Gasteiger partial charge in [-0.3, -0.25) is 4.68 Å². The van der Waals surface area contributed by atoms with E-state index in [4.69, 9.17) is 16.3 Å². The molecule has 1 heterocycles. The second-order valence-corrected chi connectivity index (χ2v) is 4.81. The zero-order chi connectivity index (χ0) is 15.1. The van der Waals surface area contributed by atoms with E-state index in [1.54, 1.807) is 23.0 Å². The zero-order valence-electron chi connectivity index (χ0n) is 11.8. The molecule has 3 nitrogen and oxygen atoms in total. The Kier molecular flexibility index (Phi) is 5.65. The third-order valence-electron chi connectivity index (χ3n) is 2.92. The summed E-state index contributed by atoms with van der Waals surface area (Å²) in [6.07, 6.45) is 3.00. The summed E-state index contributed by atoms with van der Waals surface area (Å²) in [5.41, 5.74) is 1.76. The van der Waals surface area contributed by atoms with E-state index in [1.807, 2.05) is 13.1 Å². The Morgan fingerprint density at radius 1 is 1.38 bits per heavy atom. The van der Waals surface area contributed by atoms with Crippen LogP contribution in [0.5, 0.6) is 5.75 Å². The van der Waals surface area contributed by atoms with Crippen molar-refractivity contribution < 1.29 is 9.13 Å². The molecule has 1 aromatic heterocycles. The monoisotopic (exact) mass is 306 g/mol. The summed E-state index contributed by atoms with van der Waals surface area (Å²) in [6.45, 7) is 0.384. The van der Waals surface area contributed by atoms with Crippen LogP contribution in [0.1, 0.15) is 17.7 Å². The molecule has 0 atom stereocenters. The second-order valence-electron chi connectivity index (χ2n) is 4.43. The minimum atomic E-state index is -0.386. The first-order valence-corrected chi connectivity index (χ1v) is 7.18. The first kappa shape index (κ1) is 15.4. The molecule has 2 aromatic rings. The molecule has 110 valence electrons. The summed E-state index contributed by atoms with van der Waals surface area (Å²) in [6, 6.07) is 6.52. The average Bonchev–Trinajstić information content (AvgIpc) is 2.88. The van der Waals surface area contributed by atoms with Crippen LogP contribution in [0, 0.1) is 17.7 Å². The van der Waals surface area contributed by atoms with Crippen LogP contribution in [0.25, 0.3) is 0 Å². The maximum atomic E-state index is 13.7. The van der Waals surface area contributed by atoms with Gasteiger partial charge in [0.1, 0.15) is 0 Å². The SMILES string of the molecule is Cn1nccc1CCOc1cc(C#CCCCl)ccc1F. The van der Waals surface area contributed by atoms with E-state index in [9.17, 15) is 4.39 Å². The summed E-state index contributed by atoms with van der Waals surface area (Å²) in [5, 5.41) is 4.07. The minimum Gasteiger partial charge on any atom is -0.490 e. The van der Waals surface area contributed by atoms with Gasteiger partial charge in [0.2, 0.25) is 0 Å². The fraction of sp³-hybridized carbons (Fsp3) is 0.312. The van der Waals surface area contributed by atoms with Gasteiger partial charge >= 0.3 is 0 Å². The molecule has 21 heavy (non-hydrogen) atoms. The fourth-order valence-electron chi connectivity index (χ4n) is 1.82. The predicted octanol–water partition coefficient (Wildman–Crippen LogP) is 3.16. The molecular weight excluding hydrogens is 291 g/mol. The van der Waals surface area contributed by atoms with E-state index in [0.29, 0.717) is 25.3 Å². The summed E-state index contributed by atoms with van der Waals surface area (Å²) < 4.78 is 21.0. The van der Waals surface area contributed by atoms with Crippen LogP contribution in [0.15, 0.2) is 30.5 Å². The predicted molar refractivity (Wildman–Crippen MR) is 81.0 cm³/mol. The molecule has 0 bridgehead atoms. The molecule has 0 unspecified atom stereocenters. The van der Waals surface area contributed by atoms with Crippen LogP contribution < -0.4 is 4.74 Å². The lowest BCUT2D eigenvalue weighted by Crippen LogP contribution is -2.06. The van der Waals surface area contributed by atoms with Gasteiger partial charge in [-0.1, -0.05) is 11.8 Å². The summed E-state index contributed by atoms with van der Waals surface area (Å²) in [5.74, 6) is 6.16. The van der Waals surface area contributed by atoms with Crippen LogP contribution in [-0.4, -0.2) is 22.3 Å². The maximum Gasteiger partial charge on any atom is 0.165 e. The number of halogens is 2. The van der Waals surface area contributed by atoms with Crippen molar-refractivity contribution in [2.75, 3.05) is 12.5 Å². The van der Waals surface area contributed by atoms with Crippen molar-refractivity contribution in [3.05, 3.63) is 47.5 Å². The van der Waals surface area contributed by atoms with Crippen molar-refractivity contribution in [2.45, 2.75) is 12.8 Å². The lowest BCUT2D eigenvalue weighted by atomic mass is 10.2. The molecule has 2 rings (SSSR count). The first-order chi connectivity index (χ1) is 10.2. The van der Waals surface area contributed by atoms with Crippen molar-refractivity contribution in [3.8, 4) is 17.6 Å². The smallest absolute Gasteiger partial charge is 0.165 e. The van der Waals surface area contributed by atoms with Crippen molar-refractivity contribution in [1.82, 2.24) is 9.78 Å². The van der Waals surface area contributed by atoms with Gasteiger partial charge in [-0.15, -0.1) is 11.6 Å². The average molecular weight is 307 g/mol. The highest BCUT2D eigenvalue weighted by Gasteiger charge is 2.05. The van der Waals surface area contributed by atoms with Gasteiger partial charge in [0.05, 0.1) is 6.61 Å². The molecule has 0 aliphatic carbocycles. The Balaban J connectivity index is 1.97. The number of rotatable bonds is 5. The largest absolute Gasteiger partial charge is 0.490 e. The van der Waals surface area contributed by atoms with Crippen LogP contribution in [-0.2, 0) is 13.5 Å². The number of ether oxygens (including phenoxy) is 1. The molecule has 0 amide bonds. The summed E-state index contributed by atoms with van der Waals surface area (Å²) in [4.78, 5) is 0. The number of aryl methyl sites for hydroxylation is 1. The number of benzene rings is 1. The normalized spacial score (nSPS) is 10.0. The number of alkyl halides is 1. The van der Waals surface area contributed by atoms with Gasteiger partial charge in [0.15, 0.2) is 11.6 Å². The van der Waals surface area contributed by atoms with Gasteiger partial charge in [-0.2, -0.15) is 5.10 Å². The second kappa shape index (κ2) is 7.70. The van der Waals surface area contributed by atoms with Crippen molar-refractivity contribution in [2.24, 2.45) is 7.05 Å². The molecule has 0 aliphatic heterocycles. The molecule has 0 radical (unpaired) electrons. The Morgan fingerprint density at radius 3 is 2.95 bits per heavy atom. The molecule has 0 N–H and O–H groups in total. The van der Waals surface area contributed by atoms with Gasteiger partial charge in [-0.05, 0) is 24.3 Å². The van der Waals surface area contributed by atoms with E-state index >= 15 is 0 Å². The number of hydrogen-bond acceptors (Lipinski definition) is 2. The van der Waals surface area contributed by atoms with Crippen LogP contribution >= 0.6 is 11.6 Å². The maximum absolute atomic E-state index is 13.7. The highest BCUT2D eigenvalue weighted by Crippen LogP contribution is 2.18. The topological polar surface area (TPSA) is 27.1 Å². The molecule has 0 fully saturated rings. The number of aromatic nitrogens is 2. The van der Waals surface area contributed by atoms with Crippen molar-refractivity contribution in [1.29, 1.82) is 0 Å². The van der Waals surface area contributed by atoms with Crippen molar-refractivity contribution in [3.63, 3.8) is 0 Å². The first-order valence-electron chi connectivity index (χ1n) is 6.65. The molecule has 1 aromatic carbocycles. The lowest BCUT2D eigenvalue weighted by molar-refractivity contribution is 0.302. The summed E-state index contributed by atoms with van der Waals surface area (Å²) >= 11 is 5.56. The zero-order valence-corrected chi connectivity index (χ0v) is 12.5. The Hall–Kier alpha value is -1.99. The molecule has 0 saturated heterocycles. The van der Waals surface area contributed by atoms with E-state index in [0.717, 1.165) is 11.3 Å². The Morgan fingerprint density at radius 2 is 2.24 bits per heavy atom. The Bertz CT molecular complexity index is 658. The molecule has 0 saturated carbocycles. The Labute approximate surface area is 128 Å². The highest BCUT2D eigenvalue weighted by molar-refractivity contribution is 6.18. The molecule has 5 heteroatoms. The highest BCUT2D eigenvalue weighted by atomic mass is 35.5. The van der Waals surface area contributed by atoms with E-state index in [1.165, 1.54) is 6.07 Å². The quantitative estimate of drug-likeness (QED) is 0.627. The van der Waals surface area contributed by atoms with E-state index in [2.05, 4.69) is 16.9 Å². The van der Waals surface area contributed by atoms with Crippen molar-refractivity contribution >= 4 is 11.6 Å². The number of hydrogen-bond donors (Lipinski definition) is 0. The molecule has 0 aliphatic rings. The standard InChI is InChI=1S/C16H16ClFN2O/c1-20-14(7-10-19-20)8-11-21-16-12-13(4-2-3-9-17)5-6-15(16)18/h5-7,10,12H,3,8-9,11H2,1H3. The molecular formula is C16H16ClFN2O. The van der Waals surface area contributed by atoms with E-state index < -0.39 is 0 Å². The summed E-state index contributed by atoms with van der Waals surface area (Å²) in [7, 11) is 1.86. The minimum absolute atomic E-state index is 0.217. The van der Waals surface area contributed by atoms with Crippen LogP contribution in [0.2, 0.25) is 0 Å². The fourth-order valence-corrected chi connectivity index (χ4v) is 1.91. The van der Waals surface area contributed by atoms with Gasteiger partial charge in [0.25, 0.3) is 0 Å². The van der Waals surface area contributed by atoms with E-state index in [-0.39, 0.29) is 11.6 Å². The van der Waals surface area contributed by atoms with Gasteiger partial charge in [-0.25, -0.2) is 4.39 Å². The third-order valence-corrected chi connectivity index (χ3v) is 3.11.